The van der Waals surface area contributed by atoms with Gasteiger partial charge in [0, 0.05) is 34.3 Å². The van der Waals surface area contributed by atoms with Crippen LogP contribution in [0.25, 0.3) is 21.8 Å². The number of aromatic nitrogens is 2. The molecule has 0 N–H and O–H groups in total. The van der Waals surface area contributed by atoms with E-state index in [0.717, 1.165) is 79.5 Å². The molecule has 4 aromatic carbocycles. The minimum Gasteiger partial charge on any atom is -0.489 e. The van der Waals surface area contributed by atoms with E-state index in [1.54, 1.807) is 0 Å². The van der Waals surface area contributed by atoms with Gasteiger partial charge in [-0.1, -0.05) is 62.4 Å². The zero-order chi connectivity index (χ0) is 34.0. The summed E-state index contributed by atoms with van der Waals surface area (Å²) < 4.78 is 22.9. The molecule has 0 bridgehead atoms. The molecule has 0 amide bonds. The molecular formula is C41H38N2O6. The highest BCUT2D eigenvalue weighted by molar-refractivity contribution is 5.91. The first kappa shape index (κ1) is 33.2. The lowest BCUT2D eigenvalue weighted by molar-refractivity contribution is -0.156. The van der Waals surface area contributed by atoms with Crippen LogP contribution in [-0.2, 0) is 58.3 Å². The van der Waals surface area contributed by atoms with Crippen LogP contribution in [0.15, 0.2) is 109 Å². The molecule has 0 radical (unpaired) electrons. The molecule has 0 saturated carbocycles. The molecule has 0 aliphatic rings. The number of para-hydroxylation sites is 2. The second kappa shape index (κ2) is 15.9. The fraction of sp³-hybridized carbons (Fsp3) is 0.220. The predicted octanol–water partition coefficient (Wildman–Crippen LogP) is 8.24. The average Bonchev–Trinajstić information content (AvgIpc) is 3.14. The van der Waals surface area contributed by atoms with E-state index in [1.807, 2.05) is 111 Å². The Balaban J connectivity index is 0.954. The van der Waals surface area contributed by atoms with Crippen molar-refractivity contribution in [1.82, 2.24) is 9.97 Å². The van der Waals surface area contributed by atoms with E-state index in [-0.39, 0.29) is 13.2 Å². The summed E-state index contributed by atoms with van der Waals surface area (Å²) in [4.78, 5) is 34.0. The number of pyridine rings is 2. The van der Waals surface area contributed by atoms with Gasteiger partial charge < -0.3 is 18.9 Å². The lowest BCUT2D eigenvalue weighted by Crippen LogP contribution is -2.14. The molecule has 6 aromatic rings. The predicted molar refractivity (Wildman–Crippen MR) is 188 cm³/mol. The van der Waals surface area contributed by atoms with Crippen LogP contribution in [0.5, 0.6) is 11.5 Å². The Kier molecular flexibility index (Phi) is 10.8. The highest BCUT2D eigenvalue weighted by Crippen LogP contribution is 2.23. The monoisotopic (exact) mass is 654 g/mol. The molecule has 0 aliphatic heterocycles. The first-order valence-electron chi connectivity index (χ1n) is 16.4. The van der Waals surface area contributed by atoms with Gasteiger partial charge in [-0.05, 0) is 83.6 Å². The van der Waals surface area contributed by atoms with Crippen LogP contribution in [0.3, 0.4) is 0 Å². The third-order valence-corrected chi connectivity index (χ3v) is 8.29. The van der Waals surface area contributed by atoms with Crippen molar-refractivity contribution in [2.75, 3.05) is 0 Å². The number of carbonyl (C=O) groups is 2. The Morgan fingerprint density at radius 2 is 0.980 bits per heavy atom. The second-order valence-electron chi connectivity index (χ2n) is 11.7. The summed E-state index contributed by atoms with van der Waals surface area (Å²) in [6, 6.07) is 31.5. The van der Waals surface area contributed by atoms with E-state index >= 15 is 0 Å². The van der Waals surface area contributed by atoms with E-state index in [4.69, 9.17) is 18.9 Å². The van der Waals surface area contributed by atoms with Crippen LogP contribution in [0.2, 0.25) is 0 Å². The van der Waals surface area contributed by atoms with E-state index in [1.165, 1.54) is 0 Å². The topological polar surface area (TPSA) is 96.8 Å². The number of benzene rings is 4. The molecule has 8 heteroatoms. The van der Waals surface area contributed by atoms with Crippen molar-refractivity contribution in [2.45, 2.75) is 59.5 Å². The number of hydrogen-bond donors (Lipinski definition) is 0. The third kappa shape index (κ3) is 8.78. The number of rotatable bonds is 14. The van der Waals surface area contributed by atoms with Gasteiger partial charge in [-0.25, -0.2) is 0 Å². The zero-order valence-electron chi connectivity index (χ0n) is 27.7. The molecule has 0 saturated heterocycles. The smallest absolute Gasteiger partial charge is 0.317 e. The number of fused-ring (bicyclic) bond motifs is 2. The Morgan fingerprint density at radius 3 is 1.43 bits per heavy atom. The van der Waals surface area contributed by atoms with Crippen molar-refractivity contribution in [3.63, 3.8) is 0 Å². The zero-order valence-corrected chi connectivity index (χ0v) is 27.7. The van der Waals surface area contributed by atoms with Gasteiger partial charge in [-0.2, -0.15) is 0 Å². The highest BCUT2D eigenvalue weighted by Gasteiger charge is 2.15. The summed E-state index contributed by atoms with van der Waals surface area (Å²) in [5.41, 5.74) is 7.55. The maximum atomic E-state index is 12.5. The van der Waals surface area contributed by atoms with Gasteiger partial charge in [-0.15, -0.1) is 0 Å². The Labute approximate surface area is 285 Å². The first-order chi connectivity index (χ1) is 24.0. The fourth-order valence-electron chi connectivity index (χ4n) is 5.58. The molecule has 2 heterocycles. The Hall–Kier alpha value is -5.76. The van der Waals surface area contributed by atoms with Gasteiger partial charge in [0.1, 0.15) is 44.3 Å². The van der Waals surface area contributed by atoms with Crippen LogP contribution in [0.4, 0.5) is 0 Å². The second-order valence-corrected chi connectivity index (χ2v) is 11.7. The van der Waals surface area contributed by atoms with E-state index in [0.29, 0.717) is 13.2 Å². The molecular weight excluding hydrogens is 616 g/mol. The minimum atomic E-state index is -0.640. The standard InChI is InChI=1S/C41H38N2O6/c1-3-30-19-36(46-24-28-17-32-9-5-7-11-38(32)42-22-28)15-13-34(30)26-48-40(44)21-41(45)49-27-35-14-16-37(20-31(35)4-2)47-25-29-18-33-10-6-8-12-39(33)43-23-29/h5-20,22-23H,3-4,21,24-27H2,1-2H3. The summed E-state index contributed by atoms with van der Waals surface area (Å²) >= 11 is 0. The lowest BCUT2D eigenvalue weighted by Gasteiger charge is -2.13. The number of nitrogens with zero attached hydrogens (tertiary/aromatic N) is 2. The molecule has 2 aromatic heterocycles. The van der Waals surface area contributed by atoms with Crippen molar-refractivity contribution < 1.29 is 28.5 Å². The summed E-state index contributed by atoms with van der Waals surface area (Å²) in [7, 11) is 0. The molecule has 49 heavy (non-hydrogen) atoms. The summed E-state index contributed by atoms with van der Waals surface area (Å²) in [6.07, 6.45) is 4.64. The summed E-state index contributed by atoms with van der Waals surface area (Å²) in [5.74, 6) is 0.159. The van der Waals surface area contributed by atoms with Crippen LogP contribution >= 0.6 is 0 Å². The molecule has 0 unspecified atom stereocenters. The molecule has 0 spiro atoms. The van der Waals surface area contributed by atoms with Crippen LogP contribution in [-0.4, -0.2) is 21.9 Å². The number of hydrogen-bond acceptors (Lipinski definition) is 8. The van der Waals surface area contributed by atoms with Gasteiger partial charge >= 0.3 is 11.9 Å². The maximum absolute atomic E-state index is 12.5. The van der Waals surface area contributed by atoms with E-state index < -0.39 is 18.4 Å². The summed E-state index contributed by atoms with van der Waals surface area (Å²) in [5, 5.41) is 2.13. The third-order valence-electron chi connectivity index (χ3n) is 8.29. The van der Waals surface area contributed by atoms with Crippen molar-refractivity contribution in [3.05, 3.63) is 143 Å². The van der Waals surface area contributed by atoms with Crippen LogP contribution in [0, 0.1) is 0 Å². The first-order valence-corrected chi connectivity index (χ1v) is 16.4. The average molecular weight is 655 g/mol. The largest absolute Gasteiger partial charge is 0.489 e. The number of carbonyl (C=O) groups excluding carboxylic acids is 2. The molecule has 6 rings (SSSR count). The molecule has 0 atom stereocenters. The summed E-state index contributed by atoms with van der Waals surface area (Å²) in [6.45, 7) is 4.95. The van der Waals surface area contributed by atoms with Gasteiger partial charge in [0.25, 0.3) is 0 Å². The Bertz CT molecular complexity index is 1940. The SMILES string of the molecule is CCc1cc(OCc2cnc3ccccc3c2)ccc1COC(=O)CC(=O)OCc1ccc(OCc2cnc3ccccc3c2)cc1CC. The number of esters is 2. The van der Waals surface area contributed by atoms with E-state index in [2.05, 4.69) is 22.1 Å². The minimum absolute atomic E-state index is 0.0564. The molecule has 8 nitrogen and oxygen atoms in total. The number of ether oxygens (including phenoxy) is 4. The lowest BCUT2D eigenvalue weighted by atomic mass is 10.1. The van der Waals surface area contributed by atoms with Crippen LogP contribution < -0.4 is 9.47 Å². The molecule has 0 fully saturated rings. The highest BCUT2D eigenvalue weighted by atomic mass is 16.6. The van der Waals surface area contributed by atoms with Crippen molar-refractivity contribution in [1.29, 1.82) is 0 Å². The fourth-order valence-corrected chi connectivity index (χ4v) is 5.58. The molecule has 248 valence electrons. The quantitative estimate of drug-likeness (QED) is 0.0856. The van der Waals surface area contributed by atoms with Gasteiger partial charge in [-0.3, -0.25) is 19.6 Å². The van der Waals surface area contributed by atoms with Crippen molar-refractivity contribution in [2.24, 2.45) is 0 Å². The van der Waals surface area contributed by atoms with Crippen molar-refractivity contribution in [3.8, 4) is 11.5 Å². The van der Waals surface area contributed by atoms with Gasteiger partial charge in [0.05, 0.1) is 11.0 Å². The number of aryl methyl sites for hydroxylation is 2. The van der Waals surface area contributed by atoms with Gasteiger partial charge in [0.15, 0.2) is 0 Å². The normalized spacial score (nSPS) is 11.0. The van der Waals surface area contributed by atoms with Gasteiger partial charge in [0.2, 0.25) is 0 Å². The maximum Gasteiger partial charge on any atom is 0.317 e. The Morgan fingerprint density at radius 1 is 0.531 bits per heavy atom. The molecule has 0 aliphatic carbocycles. The van der Waals surface area contributed by atoms with Crippen LogP contribution in [0.1, 0.15) is 53.6 Å². The van der Waals surface area contributed by atoms with E-state index in [9.17, 15) is 9.59 Å². The van der Waals surface area contributed by atoms with Crippen molar-refractivity contribution >= 4 is 33.7 Å².